The number of benzene rings is 1. The Hall–Kier alpha value is -2.41. The van der Waals surface area contributed by atoms with Crippen molar-refractivity contribution in [1.29, 1.82) is 0 Å². The van der Waals surface area contributed by atoms with E-state index < -0.39 is 35.3 Å². The van der Waals surface area contributed by atoms with Gasteiger partial charge in [-0.1, -0.05) is 32.0 Å². The first kappa shape index (κ1) is 16.4. The zero-order valence-corrected chi connectivity index (χ0v) is 13.5. The highest BCUT2D eigenvalue weighted by Crippen LogP contribution is 2.48. The molecule has 0 radical (unpaired) electrons. The Morgan fingerprint density at radius 1 is 1.08 bits per heavy atom. The van der Waals surface area contributed by atoms with Gasteiger partial charge in [-0.2, -0.15) is 0 Å². The van der Waals surface area contributed by atoms with E-state index in [1.54, 1.807) is 26.0 Å². The van der Waals surface area contributed by atoms with Crippen molar-refractivity contribution >= 4 is 23.4 Å². The van der Waals surface area contributed by atoms with E-state index in [0.717, 1.165) is 0 Å². The van der Waals surface area contributed by atoms with E-state index in [0.29, 0.717) is 5.69 Å². The summed E-state index contributed by atoms with van der Waals surface area (Å²) in [5.41, 5.74) is 1.86. The third-order valence-corrected chi connectivity index (χ3v) is 4.91. The van der Waals surface area contributed by atoms with Gasteiger partial charge >= 0.3 is 11.9 Å². The highest BCUT2D eigenvalue weighted by atomic mass is 16.7. The molecule has 0 amide bonds. The number of anilines is 1. The first-order chi connectivity index (χ1) is 11.5. The molecule has 1 N–H and O–H groups in total. The Bertz CT molecular complexity index is 642. The summed E-state index contributed by atoms with van der Waals surface area (Å²) >= 11 is 0. The van der Waals surface area contributed by atoms with Gasteiger partial charge in [-0.05, 0) is 18.1 Å². The van der Waals surface area contributed by atoms with Gasteiger partial charge in [0.2, 0.25) is 6.79 Å². The summed E-state index contributed by atoms with van der Waals surface area (Å²) in [7, 11) is 0. The second-order valence-corrected chi connectivity index (χ2v) is 6.22. The van der Waals surface area contributed by atoms with Crippen LogP contribution in [0, 0.1) is 17.3 Å². The van der Waals surface area contributed by atoms with E-state index in [1.807, 2.05) is 18.2 Å². The number of carbonyl (C=O) groups excluding carboxylic acids is 3. The van der Waals surface area contributed by atoms with Crippen LogP contribution in [0.4, 0.5) is 5.69 Å². The smallest absolute Gasteiger partial charge is 0.327 e. The summed E-state index contributed by atoms with van der Waals surface area (Å²) < 4.78 is 9.92. The zero-order valence-electron chi connectivity index (χ0n) is 13.5. The standard InChI is InChI=1S/C17H19NO6/c1-10-8-13(19)14(24-18-12-6-4-3-5-7-12)11(2)17(10)15(20)22-9-23-16(17)21/h3-7,10-11,14,18H,8-9H2,1-2H3/t10-,11+,14-/m1/s1. The van der Waals surface area contributed by atoms with Crippen LogP contribution in [0.5, 0.6) is 0 Å². The van der Waals surface area contributed by atoms with Gasteiger partial charge in [0, 0.05) is 12.3 Å². The van der Waals surface area contributed by atoms with Crippen LogP contribution in [0.15, 0.2) is 30.3 Å². The summed E-state index contributed by atoms with van der Waals surface area (Å²) in [6.45, 7) is 2.93. The molecule has 7 nitrogen and oxygen atoms in total. The Morgan fingerprint density at radius 3 is 2.33 bits per heavy atom. The molecule has 1 aliphatic heterocycles. The third-order valence-electron chi connectivity index (χ3n) is 4.91. The topological polar surface area (TPSA) is 90.9 Å². The predicted octanol–water partition coefficient (Wildman–Crippen LogP) is 1.69. The van der Waals surface area contributed by atoms with Crippen molar-refractivity contribution in [3.63, 3.8) is 0 Å². The van der Waals surface area contributed by atoms with Gasteiger partial charge in [-0.15, -0.1) is 0 Å². The van der Waals surface area contributed by atoms with Crippen molar-refractivity contribution in [3.05, 3.63) is 30.3 Å². The minimum Gasteiger partial charge on any atom is -0.427 e. The highest BCUT2D eigenvalue weighted by Gasteiger charge is 2.64. The molecule has 2 fully saturated rings. The molecule has 0 aromatic heterocycles. The number of rotatable bonds is 3. The first-order valence-corrected chi connectivity index (χ1v) is 7.81. The molecule has 24 heavy (non-hydrogen) atoms. The Morgan fingerprint density at radius 2 is 1.71 bits per heavy atom. The second kappa shape index (κ2) is 6.24. The van der Waals surface area contributed by atoms with Gasteiger partial charge in [0.15, 0.2) is 11.2 Å². The number of nitrogens with one attached hydrogen (secondary N) is 1. The van der Waals surface area contributed by atoms with E-state index >= 15 is 0 Å². The van der Waals surface area contributed by atoms with Gasteiger partial charge < -0.3 is 9.47 Å². The molecule has 2 aliphatic rings. The molecule has 1 aromatic rings. The summed E-state index contributed by atoms with van der Waals surface area (Å²) in [6, 6.07) is 9.04. The molecule has 7 heteroatoms. The van der Waals surface area contributed by atoms with Crippen LogP contribution in [0.2, 0.25) is 0 Å². The Labute approximate surface area is 139 Å². The fourth-order valence-corrected chi connectivity index (χ4v) is 3.58. The molecule has 128 valence electrons. The maximum absolute atomic E-state index is 12.4. The maximum atomic E-state index is 12.4. The van der Waals surface area contributed by atoms with Gasteiger partial charge in [-0.25, -0.2) is 0 Å². The monoisotopic (exact) mass is 333 g/mol. The molecule has 3 rings (SSSR count). The average Bonchev–Trinajstić information content (AvgIpc) is 2.55. The lowest BCUT2D eigenvalue weighted by Gasteiger charge is -2.46. The molecule has 3 atom stereocenters. The average molecular weight is 333 g/mol. The van der Waals surface area contributed by atoms with Gasteiger partial charge in [0.1, 0.15) is 6.10 Å². The molecule has 1 saturated heterocycles. The number of ketones is 1. The van der Waals surface area contributed by atoms with Crippen molar-refractivity contribution in [3.8, 4) is 0 Å². The highest BCUT2D eigenvalue weighted by molar-refractivity contribution is 6.04. The zero-order chi connectivity index (χ0) is 17.3. The third kappa shape index (κ3) is 2.45. The molecule has 1 heterocycles. The maximum Gasteiger partial charge on any atom is 0.327 e. The normalized spacial score (nSPS) is 29.1. The van der Waals surface area contributed by atoms with Crippen LogP contribution in [0.1, 0.15) is 20.3 Å². The number of hydrogen-bond donors (Lipinski definition) is 1. The quantitative estimate of drug-likeness (QED) is 0.511. The fraction of sp³-hybridized carbons (Fsp3) is 0.471. The summed E-state index contributed by atoms with van der Waals surface area (Å²) in [4.78, 5) is 42.8. The molecular weight excluding hydrogens is 314 g/mol. The molecular formula is C17H19NO6. The molecule has 0 unspecified atom stereocenters. The Kier molecular flexibility index (Phi) is 4.28. The lowest BCUT2D eigenvalue weighted by molar-refractivity contribution is -0.219. The van der Waals surface area contributed by atoms with E-state index in [9.17, 15) is 14.4 Å². The number of hydrogen-bond acceptors (Lipinski definition) is 7. The number of esters is 2. The van der Waals surface area contributed by atoms with E-state index in [-0.39, 0.29) is 19.0 Å². The number of carbonyl (C=O) groups is 3. The van der Waals surface area contributed by atoms with Crippen molar-refractivity contribution in [2.24, 2.45) is 17.3 Å². The lowest BCUT2D eigenvalue weighted by atomic mass is 9.59. The van der Waals surface area contributed by atoms with Gasteiger partial charge in [0.05, 0.1) is 5.69 Å². The predicted molar refractivity (Wildman–Crippen MR) is 82.4 cm³/mol. The number of para-hydroxylation sites is 1. The first-order valence-electron chi connectivity index (χ1n) is 7.81. The Balaban J connectivity index is 1.86. The lowest BCUT2D eigenvalue weighted by Crippen LogP contribution is -2.62. The molecule has 1 saturated carbocycles. The van der Waals surface area contributed by atoms with E-state index in [2.05, 4.69) is 5.48 Å². The van der Waals surface area contributed by atoms with Crippen LogP contribution in [0.25, 0.3) is 0 Å². The second-order valence-electron chi connectivity index (χ2n) is 6.22. The van der Waals surface area contributed by atoms with E-state index in [1.165, 1.54) is 0 Å². The van der Waals surface area contributed by atoms with Crippen LogP contribution in [-0.4, -0.2) is 30.6 Å². The molecule has 0 bridgehead atoms. The summed E-state index contributed by atoms with van der Waals surface area (Å²) in [5.74, 6) is -2.71. The fourth-order valence-electron chi connectivity index (χ4n) is 3.58. The van der Waals surface area contributed by atoms with E-state index in [4.69, 9.17) is 14.3 Å². The number of ether oxygens (including phenoxy) is 2. The molecule has 1 aromatic carbocycles. The minimum atomic E-state index is -1.52. The molecule has 1 aliphatic carbocycles. The summed E-state index contributed by atoms with van der Waals surface area (Å²) in [6.07, 6.45) is -0.921. The number of cyclic esters (lactones) is 2. The molecule has 1 spiro atoms. The van der Waals surface area contributed by atoms with Gasteiger partial charge in [-0.3, -0.25) is 24.7 Å². The van der Waals surface area contributed by atoms with Crippen molar-refractivity contribution in [2.75, 3.05) is 12.3 Å². The number of Topliss-reactive ketones (excluding diaryl/α,β-unsaturated/α-hetero) is 1. The SMILES string of the molecule is C[C@@H]1CC(=O)[C@H](ONc2ccccc2)[C@H](C)C12C(=O)OCOC2=O. The largest absolute Gasteiger partial charge is 0.427 e. The van der Waals surface area contributed by atoms with Crippen LogP contribution >= 0.6 is 0 Å². The van der Waals surface area contributed by atoms with Crippen LogP contribution < -0.4 is 5.48 Å². The van der Waals surface area contributed by atoms with Crippen LogP contribution in [0.3, 0.4) is 0 Å². The van der Waals surface area contributed by atoms with Crippen molar-refractivity contribution < 1.29 is 28.7 Å². The van der Waals surface area contributed by atoms with Gasteiger partial charge in [0.25, 0.3) is 0 Å². The van der Waals surface area contributed by atoms with Crippen LogP contribution in [-0.2, 0) is 28.7 Å². The van der Waals surface area contributed by atoms with Crippen molar-refractivity contribution in [1.82, 2.24) is 0 Å². The van der Waals surface area contributed by atoms with Crippen molar-refractivity contribution in [2.45, 2.75) is 26.4 Å². The summed E-state index contributed by atoms with van der Waals surface area (Å²) in [5, 5.41) is 0. The minimum absolute atomic E-state index is 0.0374.